The molecule has 4 aromatic carbocycles. The second-order valence-electron chi connectivity index (χ2n) is 8.30. The second kappa shape index (κ2) is 10.6. The average Bonchev–Trinajstić information content (AvgIpc) is 2.87. The number of nitrogens with one attached hydrogen (secondary N) is 1. The normalized spacial score (nSPS) is 11.4. The highest BCUT2D eigenvalue weighted by Crippen LogP contribution is 2.24. The first-order valence-corrected chi connectivity index (χ1v) is 11.3. The van der Waals surface area contributed by atoms with Crippen LogP contribution in [0.1, 0.15) is 49.1 Å². The quantitative estimate of drug-likeness (QED) is 0.267. The Morgan fingerprint density at radius 1 is 0.686 bits per heavy atom. The first-order valence-electron chi connectivity index (χ1n) is 11.3. The monoisotopic (exact) mass is 463 g/mol. The Balaban J connectivity index is 1.64. The summed E-state index contributed by atoms with van der Waals surface area (Å²) in [6.45, 7) is 3.88. The smallest absolute Gasteiger partial charge is 0.340 e. The van der Waals surface area contributed by atoms with Crippen LogP contribution < -0.4 is 5.32 Å². The Morgan fingerprint density at radius 2 is 1.23 bits per heavy atom. The van der Waals surface area contributed by atoms with E-state index in [1.165, 1.54) is 6.07 Å². The van der Waals surface area contributed by atoms with Gasteiger partial charge in [0.25, 0.3) is 5.91 Å². The molecule has 1 unspecified atom stereocenters. The lowest BCUT2D eigenvalue weighted by Crippen LogP contribution is -2.26. The standard InChI is InChI=1S/C30H25NO4/c1-20-17-21(2)19-24(18-20)31-29(33)28(23-13-7-4-8-14-23)35-30(34)26-16-10-9-15-25(26)27(32)22-11-5-3-6-12-22/h3-19,28H,1-2H3,(H,31,33). The molecule has 5 nitrogen and oxygen atoms in total. The molecule has 0 heterocycles. The van der Waals surface area contributed by atoms with Gasteiger partial charge >= 0.3 is 5.97 Å². The fraction of sp³-hybridized carbons (Fsp3) is 0.100. The van der Waals surface area contributed by atoms with Crippen molar-refractivity contribution >= 4 is 23.3 Å². The molecule has 0 saturated heterocycles. The van der Waals surface area contributed by atoms with Crippen molar-refractivity contribution in [2.24, 2.45) is 0 Å². The van der Waals surface area contributed by atoms with Gasteiger partial charge in [0.05, 0.1) is 5.56 Å². The number of amides is 1. The molecule has 0 fully saturated rings. The maximum Gasteiger partial charge on any atom is 0.340 e. The summed E-state index contributed by atoms with van der Waals surface area (Å²) in [5.74, 6) is -1.54. The van der Waals surface area contributed by atoms with Crippen LogP contribution in [0, 0.1) is 13.8 Å². The average molecular weight is 464 g/mol. The number of carbonyl (C=O) groups excluding carboxylic acids is 3. The van der Waals surface area contributed by atoms with Gasteiger partial charge in [-0.05, 0) is 43.2 Å². The number of esters is 1. The van der Waals surface area contributed by atoms with Gasteiger partial charge in [0, 0.05) is 22.4 Å². The molecule has 174 valence electrons. The van der Waals surface area contributed by atoms with E-state index in [9.17, 15) is 14.4 Å². The molecular formula is C30H25NO4. The highest BCUT2D eigenvalue weighted by molar-refractivity contribution is 6.14. The summed E-state index contributed by atoms with van der Waals surface area (Å²) in [5, 5.41) is 2.86. The van der Waals surface area contributed by atoms with Gasteiger partial charge in [-0.15, -0.1) is 0 Å². The molecular weight excluding hydrogens is 438 g/mol. The van der Waals surface area contributed by atoms with Gasteiger partial charge < -0.3 is 10.1 Å². The summed E-state index contributed by atoms with van der Waals surface area (Å²) < 4.78 is 5.74. The summed E-state index contributed by atoms with van der Waals surface area (Å²) in [7, 11) is 0. The van der Waals surface area contributed by atoms with Crippen molar-refractivity contribution in [3.05, 3.63) is 137 Å². The Morgan fingerprint density at radius 3 is 1.86 bits per heavy atom. The molecule has 4 aromatic rings. The third kappa shape index (κ3) is 5.71. The number of benzene rings is 4. The van der Waals surface area contributed by atoms with Crippen LogP contribution in [0.15, 0.2) is 103 Å². The predicted octanol–water partition coefficient (Wildman–Crippen LogP) is 6.07. The van der Waals surface area contributed by atoms with E-state index in [-0.39, 0.29) is 16.9 Å². The molecule has 1 N–H and O–H groups in total. The van der Waals surface area contributed by atoms with Crippen molar-refractivity contribution in [2.75, 3.05) is 5.32 Å². The topological polar surface area (TPSA) is 72.5 Å². The highest BCUT2D eigenvalue weighted by atomic mass is 16.5. The molecule has 1 amide bonds. The molecule has 0 radical (unpaired) electrons. The van der Waals surface area contributed by atoms with Crippen LogP contribution in [0.3, 0.4) is 0 Å². The van der Waals surface area contributed by atoms with Crippen molar-refractivity contribution in [1.82, 2.24) is 0 Å². The zero-order chi connectivity index (χ0) is 24.8. The second-order valence-corrected chi connectivity index (χ2v) is 8.30. The maximum absolute atomic E-state index is 13.3. The van der Waals surface area contributed by atoms with Crippen LogP contribution in [0.5, 0.6) is 0 Å². The molecule has 5 heteroatoms. The van der Waals surface area contributed by atoms with Gasteiger partial charge in [-0.25, -0.2) is 4.79 Å². The number of carbonyl (C=O) groups is 3. The van der Waals surface area contributed by atoms with E-state index in [4.69, 9.17) is 4.74 Å². The lowest BCUT2D eigenvalue weighted by molar-refractivity contribution is -0.125. The Bertz CT molecular complexity index is 1340. The molecule has 0 aliphatic carbocycles. The van der Waals surface area contributed by atoms with Gasteiger partial charge in [-0.2, -0.15) is 0 Å². The molecule has 0 aromatic heterocycles. The van der Waals surface area contributed by atoms with Gasteiger partial charge in [-0.3, -0.25) is 9.59 Å². The maximum atomic E-state index is 13.3. The zero-order valence-electron chi connectivity index (χ0n) is 19.5. The van der Waals surface area contributed by atoms with Crippen LogP contribution in [-0.2, 0) is 9.53 Å². The molecule has 0 aliphatic rings. The molecule has 35 heavy (non-hydrogen) atoms. The minimum atomic E-state index is -1.20. The summed E-state index contributed by atoms with van der Waals surface area (Å²) >= 11 is 0. The first kappa shape index (κ1) is 23.6. The van der Waals surface area contributed by atoms with Crippen molar-refractivity contribution < 1.29 is 19.1 Å². The molecule has 0 saturated carbocycles. The van der Waals surface area contributed by atoms with Crippen molar-refractivity contribution in [1.29, 1.82) is 0 Å². The van der Waals surface area contributed by atoms with Crippen LogP contribution in [-0.4, -0.2) is 17.7 Å². The zero-order valence-corrected chi connectivity index (χ0v) is 19.5. The fourth-order valence-electron chi connectivity index (χ4n) is 3.93. The van der Waals surface area contributed by atoms with Crippen molar-refractivity contribution in [3.8, 4) is 0 Å². The van der Waals surface area contributed by atoms with E-state index in [1.54, 1.807) is 66.7 Å². The van der Waals surface area contributed by atoms with E-state index < -0.39 is 18.0 Å². The number of ketones is 1. The molecule has 4 rings (SSSR count). The minimum Gasteiger partial charge on any atom is -0.444 e. The predicted molar refractivity (Wildman–Crippen MR) is 135 cm³/mol. The van der Waals surface area contributed by atoms with Crippen LogP contribution >= 0.6 is 0 Å². The first-order chi connectivity index (χ1) is 16.9. The van der Waals surface area contributed by atoms with E-state index in [1.807, 2.05) is 44.2 Å². The summed E-state index contributed by atoms with van der Waals surface area (Å²) in [4.78, 5) is 39.7. The number of ether oxygens (including phenoxy) is 1. The number of hydrogen-bond donors (Lipinski definition) is 1. The third-order valence-electron chi connectivity index (χ3n) is 5.48. The van der Waals surface area contributed by atoms with Crippen LogP contribution in [0.4, 0.5) is 5.69 Å². The van der Waals surface area contributed by atoms with Crippen molar-refractivity contribution in [2.45, 2.75) is 20.0 Å². The number of anilines is 1. The van der Waals surface area contributed by atoms with Gasteiger partial charge in [0.1, 0.15) is 0 Å². The van der Waals surface area contributed by atoms with E-state index in [2.05, 4.69) is 5.32 Å². The van der Waals surface area contributed by atoms with E-state index >= 15 is 0 Å². The van der Waals surface area contributed by atoms with Gasteiger partial charge in [0.15, 0.2) is 5.78 Å². The molecule has 0 aliphatic heterocycles. The Hall–Kier alpha value is -4.51. The lowest BCUT2D eigenvalue weighted by atomic mass is 9.98. The SMILES string of the molecule is Cc1cc(C)cc(NC(=O)C(OC(=O)c2ccccc2C(=O)c2ccccc2)c2ccccc2)c1. The van der Waals surface area contributed by atoms with Crippen molar-refractivity contribution in [3.63, 3.8) is 0 Å². The number of aryl methyl sites for hydroxylation is 2. The van der Waals surface area contributed by atoms with Crippen LogP contribution in [0.25, 0.3) is 0 Å². The summed E-state index contributed by atoms with van der Waals surface area (Å²) in [6.07, 6.45) is -1.20. The highest BCUT2D eigenvalue weighted by Gasteiger charge is 2.28. The summed E-state index contributed by atoms with van der Waals surface area (Å²) in [5.41, 5.74) is 3.91. The minimum absolute atomic E-state index is 0.0986. The van der Waals surface area contributed by atoms with E-state index in [0.29, 0.717) is 16.8 Å². The largest absolute Gasteiger partial charge is 0.444 e. The molecule has 0 bridgehead atoms. The van der Waals surface area contributed by atoms with E-state index in [0.717, 1.165) is 11.1 Å². The fourth-order valence-corrected chi connectivity index (χ4v) is 3.93. The lowest BCUT2D eigenvalue weighted by Gasteiger charge is -2.19. The summed E-state index contributed by atoms with van der Waals surface area (Å²) in [6, 6.07) is 29.7. The van der Waals surface area contributed by atoms with Crippen LogP contribution in [0.2, 0.25) is 0 Å². The Labute approximate surface area is 204 Å². The van der Waals surface area contributed by atoms with Gasteiger partial charge in [-0.1, -0.05) is 84.9 Å². The molecule has 1 atom stereocenters. The van der Waals surface area contributed by atoms with Gasteiger partial charge in [0.2, 0.25) is 6.10 Å². The number of rotatable bonds is 7. The third-order valence-corrected chi connectivity index (χ3v) is 5.48. The number of hydrogen-bond acceptors (Lipinski definition) is 4. The molecule has 0 spiro atoms. The Kier molecular flexibility index (Phi) is 7.17.